The molecular formula is C5H6O4V. The minimum absolute atomic E-state index is 0.0795. The first-order valence-corrected chi connectivity index (χ1v) is 3.77. The quantitative estimate of drug-likeness (QED) is 0.292. The molecule has 10 heavy (non-hydrogen) atoms. The van der Waals surface area contributed by atoms with Crippen LogP contribution in [0.25, 0.3) is 0 Å². The van der Waals surface area contributed by atoms with Gasteiger partial charge in [-0.2, -0.15) is 0 Å². The third-order valence-corrected chi connectivity index (χ3v) is 1.23. The maximum atomic E-state index is 10.5. The van der Waals surface area contributed by atoms with E-state index in [-0.39, 0.29) is 5.76 Å². The maximum absolute atomic E-state index is 10.5. The van der Waals surface area contributed by atoms with Gasteiger partial charge >= 0.3 is 63.7 Å². The summed E-state index contributed by atoms with van der Waals surface area (Å²) in [7, 11) is 0. The molecule has 5 heteroatoms. The van der Waals surface area contributed by atoms with E-state index in [1.165, 1.54) is 6.92 Å². The predicted molar refractivity (Wildman–Crippen MR) is 29.2 cm³/mol. The molecule has 55 valence electrons. The number of hydrogen-bond donors (Lipinski definition) is 1. The van der Waals surface area contributed by atoms with E-state index < -0.39 is 21.6 Å². The summed E-state index contributed by atoms with van der Waals surface area (Å²) in [6.07, 6.45) is 1.05. The molecule has 0 aromatic rings. The van der Waals surface area contributed by atoms with Crippen molar-refractivity contribution in [2.24, 2.45) is 0 Å². The number of hydrogen-bond acceptors (Lipinski definition) is 4. The standard InChI is InChI=1S/C5H6O3.O.V/c1-4(6)3-5(2)8-7;;/h1,3,7H,2H3;;/b5-3+;;. The Morgan fingerprint density at radius 2 is 2.30 bits per heavy atom. The Labute approximate surface area is 64.2 Å². The molecule has 1 N–H and O–H groups in total. The van der Waals surface area contributed by atoms with Crippen LogP contribution in [0.4, 0.5) is 0 Å². The van der Waals surface area contributed by atoms with E-state index in [0.29, 0.717) is 0 Å². The third-order valence-electron chi connectivity index (χ3n) is 0.669. The van der Waals surface area contributed by atoms with E-state index >= 15 is 0 Å². The molecule has 0 spiro atoms. The SMILES string of the molecule is C/C(=C\C(=O)[CH]=[V]=[O])OO. The zero-order chi connectivity index (χ0) is 7.98. The summed E-state index contributed by atoms with van der Waals surface area (Å²) in [4.78, 5) is 14.2. The van der Waals surface area contributed by atoms with Crippen LogP contribution in [0.15, 0.2) is 11.8 Å². The van der Waals surface area contributed by atoms with Gasteiger partial charge in [0.2, 0.25) is 0 Å². The Bertz CT molecular complexity index is 202. The van der Waals surface area contributed by atoms with Crippen LogP contribution >= 0.6 is 0 Å². The van der Waals surface area contributed by atoms with E-state index in [1.807, 2.05) is 0 Å². The Balaban J connectivity index is 4.12. The van der Waals surface area contributed by atoms with Crippen molar-refractivity contribution in [2.45, 2.75) is 6.92 Å². The van der Waals surface area contributed by atoms with Gasteiger partial charge in [-0.3, -0.25) is 0 Å². The molecule has 0 saturated heterocycles. The first-order chi connectivity index (χ1) is 4.70. The monoisotopic (exact) mass is 181 g/mol. The van der Waals surface area contributed by atoms with Gasteiger partial charge in [-0.15, -0.1) is 0 Å². The number of ketones is 1. The van der Waals surface area contributed by atoms with Gasteiger partial charge in [0.1, 0.15) is 0 Å². The van der Waals surface area contributed by atoms with E-state index in [9.17, 15) is 8.47 Å². The van der Waals surface area contributed by atoms with Gasteiger partial charge in [-0.05, 0) is 0 Å². The van der Waals surface area contributed by atoms with Gasteiger partial charge < -0.3 is 0 Å². The molecule has 0 saturated carbocycles. The van der Waals surface area contributed by atoms with Crippen LogP contribution < -0.4 is 0 Å². The molecular weight excluding hydrogens is 175 g/mol. The average molecular weight is 181 g/mol. The molecule has 0 aromatic carbocycles. The summed E-state index contributed by atoms with van der Waals surface area (Å²) >= 11 is -1.26. The number of carbonyl (C=O) groups is 1. The van der Waals surface area contributed by atoms with Crippen LogP contribution in [0, 0.1) is 0 Å². The van der Waals surface area contributed by atoms with Crippen molar-refractivity contribution in [3.05, 3.63) is 11.8 Å². The topological polar surface area (TPSA) is 63.6 Å². The van der Waals surface area contributed by atoms with Crippen LogP contribution in [-0.2, 0) is 29.1 Å². The summed E-state index contributed by atoms with van der Waals surface area (Å²) in [5.41, 5.74) is 0. The van der Waals surface area contributed by atoms with Crippen molar-refractivity contribution >= 4 is 10.5 Å². The summed E-state index contributed by atoms with van der Waals surface area (Å²) in [6, 6.07) is 0. The fraction of sp³-hybridized carbons (Fsp3) is 0.200. The first-order valence-electron chi connectivity index (χ1n) is 2.40. The number of rotatable bonds is 3. The van der Waals surface area contributed by atoms with Gasteiger partial charge in [-0.1, -0.05) is 0 Å². The molecule has 0 aliphatic carbocycles. The second kappa shape index (κ2) is 5.23. The molecule has 0 unspecified atom stereocenters. The van der Waals surface area contributed by atoms with Crippen LogP contribution in [0.2, 0.25) is 0 Å². The van der Waals surface area contributed by atoms with E-state index in [2.05, 4.69) is 4.89 Å². The van der Waals surface area contributed by atoms with Gasteiger partial charge in [-0.25, -0.2) is 0 Å². The second-order valence-electron chi connectivity index (χ2n) is 1.48. The predicted octanol–water partition coefficient (Wildman–Crippen LogP) is 0.179. The molecule has 0 aromatic heterocycles. The van der Waals surface area contributed by atoms with Crippen molar-refractivity contribution in [2.75, 3.05) is 0 Å². The zero-order valence-electron chi connectivity index (χ0n) is 5.27. The molecule has 0 heterocycles. The third kappa shape index (κ3) is 4.32. The number of allylic oxidation sites excluding steroid dienone is 2. The fourth-order valence-electron chi connectivity index (χ4n) is 0.316. The summed E-state index contributed by atoms with van der Waals surface area (Å²) in [5, 5.41) is 7.95. The Morgan fingerprint density at radius 3 is 2.70 bits per heavy atom. The zero-order valence-corrected chi connectivity index (χ0v) is 6.67. The fourth-order valence-corrected chi connectivity index (χ4v) is 0.595. The van der Waals surface area contributed by atoms with E-state index in [1.54, 1.807) is 0 Å². The van der Waals surface area contributed by atoms with Gasteiger partial charge in [0.05, 0.1) is 0 Å². The van der Waals surface area contributed by atoms with Crippen LogP contribution in [0.3, 0.4) is 0 Å². The average Bonchev–Trinajstić information content (AvgIpc) is 1.88. The molecule has 0 amide bonds. The van der Waals surface area contributed by atoms with Crippen molar-refractivity contribution in [1.29, 1.82) is 0 Å². The summed E-state index contributed by atoms with van der Waals surface area (Å²) in [6.45, 7) is 1.41. The number of carbonyl (C=O) groups excluding carboxylic acids is 1. The van der Waals surface area contributed by atoms with Gasteiger partial charge in [0.15, 0.2) is 0 Å². The molecule has 0 fully saturated rings. The van der Waals surface area contributed by atoms with Crippen LogP contribution in [0.1, 0.15) is 6.92 Å². The van der Waals surface area contributed by atoms with Crippen LogP contribution in [-0.4, -0.2) is 15.8 Å². The molecule has 0 atom stereocenters. The van der Waals surface area contributed by atoms with Gasteiger partial charge in [0, 0.05) is 0 Å². The van der Waals surface area contributed by atoms with Crippen molar-refractivity contribution in [1.82, 2.24) is 0 Å². The van der Waals surface area contributed by atoms with E-state index in [0.717, 1.165) is 10.8 Å². The Morgan fingerprint density at radius 1 is 1.70 bits per heavy atom. The van der Waals surface area contributed by atoms with Crippen LogP contribution in [0.5, 0.6) is 0 Å². The van der Waals surface area contributed by atoms with Gasteiger partial charge in [0.25, 0.3) is 0 Å². The van der Waals surface area contributed by atoms with Crippen molar-refractivity contribution in [3.8, 4) is 0 Å². The van der Waals surface area contributed by atoms with Crippen molar-refractivity contribution in [3.63, 3.8) is 0 Å². The van der Waals surface area contributed by atoms with E-state index in [4.69, 9.17) is 5.26 Å². The molecule has 0 rings (SSSR count). The Kier molecular flexibility index (Phi) is 4.93. The molecule has 0 radical (unpaired) electrons. The molecule has 0 aliphatic rings. The molecule has 0 aliphatic heterocycles. The molecule has 0 bridgehead atoms. The summed E-state index contributed by atoms with van der Waals surface area (Å²) < 4.78 is 10.9. The minimum atomic E-state index is -1.26. The van der Waals surface area contributed by atoms with Crippen molar-refractivity contribution < 1.29 is 34.4 Å². The second-order valence-corrected chi connectivity index (χ2v) is 2.22. The summed E-state index contributed by atoms with van der Waals surface area (Å²) in [5.74, 6) is -0.336. The Hall–Kier alpha value is -0.576. The molecule has 4 nitrogen and oxygen atoms in total. The normalized spacial score (nSPS) is 10.0. The first kappa shape index (κ1) is 9.42.